The molecule has 0 fully saturated rings. The van der Waals surface area contributed by atoms with E-state index in [1.165, 1.54) is 31.5 Å². The zero-order valence-electron chi connectivity index (χ0n) is 17.2. The van der Waals surface area contributed by atoms with Crippen LogP contribution in [0.15, 0.2) is 30.5 Å². The predicted octanol–water partition coefficient (Wildman–Crippen LogP) is 4.48. The smallest absolute Gasteiger partial charge is 0.419 e. The zero-order chi connectivity index (χ0) is 22.5. The summed E-state index contributed by atoms with van der Waals surface area (Å²) in [6.45, 7) is 5.64. The van der Waals surface area contributed by atoms with Crippen LogP contribution in [0.2, 0.25) is 0 Å². The fourth-order valence-corrected chi connectivity index (χ4v) is 2.99. The Balaban J connectivity index is 2.33. The molecular formula is C20H25F3N4O3. The number of hydrogen-bond donors (Lipinski definition) is 2. The number of ether oxygens (including phenoxy) is 2. The largest absolute Gasteiger partial charge is 0.491 e. The van der Waals surface area contributed by atoms with E-state index in [1.54, 1.807) is 6.92 Å². The first-order valence-electron chi connectivity index (χ1n) is 9.22. The highest BCUT2D eigenvalue weighted by Crippen LogP contribution is 2.39. The Bertz CT molecular complexity index is 886. The van der Waals surface area contributed by atoms with Crippen molar-refractivity contribution in [2.24, 2.45) is 11.7 Å². The lowest BCUT2D eigenvalue weighted by molar-refractivity contribution is -0.139. The molecule has 164 valence electrons. The van der Waals surface area contributed by atoms with Gasteiger partial charge in [0.2, 0.25) is 5.95 Å². The van der Waals surface area contributed by atoms with Crippen LogP contribution < -0.4 is 15.8 Å². The van der Waals surface area contributed by atoms with E-state index in [1.807, 2.05) is 13.8 Å². The summed E-state index contributed by atoms with van der Waals surface area (Å²) >= 11 is 0. The maximum absolute atomic E-state index is 13.7. The summed E-state index contributed by atoms with van der Waals surface area (Å²) in [6.07, 6.45) is -3.52. The van der Waals surface area contributed by atoms with Gasteiger partial charge in [-0.15, -0.1) is 0 Å². The molecule has 30 heavy (non-hydrogen) atoms. The third-order valence-corrected chi connectivity index (χ3v) is 4.07. The average molecular weight is 426 g/mol. The molecule has 0 bridgehead atoms. The molecule has 0 saturated heterocycles. The molecule has 1 atom stereocenters. The standard InChI is InChI=1S/C20H25F3N4O3/c1-12(2)10-19(3,24)11-30-16-6-5-13(9-14(16)20(21,22)23)15-7-8-25-17(26-15)27-18(28)29-4/h5-9,12H,10-11,24H2,1-4H3,(H,25,26,27,28). The number of anilines is 1. The molecule has 0 aliphatic carbocycles. The molecule has 0 radical (unpaired) electrons. The van der Waals surface area contributed by atoms with Crippen LogP contribution >= 0.6 is 0 Å². The number of methoxy groups -OCH3 is 1. The van der Waals surface area contributed by atoms with Crippen LogP contribution in [0.1, 0.15) is 32.8 Å². The van der Waals surface area contributed by atoms with E-state index in [4.69, 9.17) is 10.5 Å². The summed E-state index contributed by atoms with van der Waals surface area (Å²) in [5.74, 6) is -0.131. The summed E-state index contributed by atoms with van der Waals surface area (Å²) in [4.78, 5) is 19.2. The van der Waals surface area contributed by atoms with E-state index in [0.29, 0.717) is 6.42 Å². The number of amides is 1. The van der Waals surface area contributed by atoms with Gasteiger partial charge in [0.05, 0.1) is 18.4 Å². The normalized spacial score (nSPS) is 13.6. The monoisotopic (exact) mass is 426 g/mol. The second-order valence-corrected chi connectivity index (χ2v) is 7.63. The maximum atomic E-state index is 13.7. The molecule has 3 N–H and O–H groups in total. The van der Waals surface area contributed by atoms with Gasteiger partial charge in [-0.25, -0.2) is 14.8 Å². The molecule has 0 aliphatic heterocycles. The molecule has 7 nitrogen and oxygen atoms in total. The van der Waals surface area contributed by atoms with Crippen LogP contribution in [0.5, 0.6) is 5.75 Å². The van der Waals surface area contributed by atoms with Gasteiger partial charge in [0.25, 0.3) is 0 Å². The summed E-state index contributed by atoms with van der Waals surface area (Å²) in [6, 6.07) is 5.05. The lowest BCUT2D eigenvalue weighted by Gasteiger charge is -2.27. The highest BCUT2D eigenvalue weighted by atomic mass is 19.4. The van der Waals surface area contributed by atoms with E-state index < -0.39 is 23.4 Å². The van der Waals surface area contributed by atoms with E-state index in [2.05, 4.69) is 20.0 Å². The molecule has 1 amide bonds. The number of nitrogens with two attached hydrogens (primary N) is 1. The number of alkyl halides is 3. The van der Waals surface area contributed by atoms with Crippen molar-refractivity contribution in [1.29, 1.82) is 0 Å². The Morgan fingerprint density at radius 1 is 1.27 bits per heavy atom. The zero-order valence-corrected chi connectivity index (χ0v) is 17.2. The minimum Gasteiger partial charge on any atom is -0.491 e. The minimum absolute atomic E-state index is 0.0612. The molecule has 0 spiro atoms. The van der Waals surface area contributed by atoms with Gasteiger partial charge in [0.15, 0.2) is 0 Å². The first-order chi connectivity index (χ1) is 13.9. The SMILES string of the molecule is COC(=O)Nc1nccc(-c2ccc(OCC(C)(N)CC(C)C)c(C(F)(F)F)c2)n1. The van der Waals surface area contributed by atoms with E-state index in [0.717, 1.165) is 6.07 Å². The fourth-order valence-electron chi connectivity index (χ4n) is 2.99. The summed E-state index contributed by atoms with van der Waals surface area (Å²) in [7, 11) is 1.17. The molecule has 2 aromatic rings. The van der Waals surface area contributed by atoms with Crippen molar-refractivity contribution in [2.45, 2.75) is 38.9 Å². The van der Waals surface area contributed by atoms with Gasteiger partial charge < -0.3 is 15.2 Å². The van der Waals surface area contributed by atoms with Crippen LogP contribution in [-0.4, -0.2) is 35.3 Å². The van der Waals surface area contributed by atoms with E-state index in [9.17, 15) is 18.0 Å². The quantitative estimate of drug-likeness (QED) is 0.677. The van der Waals surface area contributed by atoms with Crippen LogP contribution in [0.4, 0.5) is 23.9 Å². The molecular weight excluding hydrogens is 401 g/mol. The Hall–Kier alpha value is -2.88. The Morgan fingerprint density at radius 2 is 1.97 bits per heavy atom. The first kappa shape index (κ1) is 23.4. The highest BCUT2D eigenvalue weighted by molar-refractivity contribution is 5.82. The second-order valence-electron chi connectivity index (χ2n) is 7.63. The number of rotatable bonds is 7. The van der Waals surface area contributed by atoms with Crippen molar-refractivity contribution < 1.29 is 27.4 Å². The second kappa shape index (κ2) is 9.29. The Labute approximate surface area is 172 Å². The predicted molar refractivity (Wildman–Crippen MR) is 106 cm³/mol. The molecule has 10 heteroatoms. The topological polar surface area (TPSA) is 99.4 Å². The van der Waals surface area contributed by atoms with Crippen molar-refractivity contribution in [3.63, 3.8) is 0 Å². The molecule has 1 aromatic carbocycles. The first-order valence-corrected chi connectivity index (χ1v) is 9.22. The lowest BCUT2D eigenvalue weighted by atomic mass is 9.93. The minimum atomic E-state index is -4.64. The van der Waals surface area contributed by atoms with Gasteiger partial charge in [0.1, 0.15) is 12.4 Å². The highest BCUT2D eigenvalue weighted by Gasteiger charge is 2.35. The summed E-state index contributed by atoms with van der Waals surface area (Å²) < 4.78 is 50.9. The van der Waals surface area contributed by atoms with Crippen molar-refractivity contribution >= 4 is 12.0 Å². The van der Waals surface area contributed by atoms with Gasteiger partial charge in [-0.3, -0.25) is 5.32 Å². The van der Waals surface area contributed by atoms with Crippen LogP contribution in [0, 0.1) is 5.92 Å². The summed E-state index contributed by atoms with van der Waals surface area (Å²) in [5, 5.41) is 2.27. The Morgan fingerprint density at radius 3 is 2.57 bits per heavy atom. The van der Waals surface area contributed by atoms with Gasteiger partial charge in [-0.2, -0.15) is 13.2 Å². The third kappa shape index (κ3) is 6.58. The number of carbonyl (C=O) groups is 1. The molecule has 0 saturated carbocycles. The average Bonchev–Trinajstić information content (AvgIpc) is 2.64. The van der Waals surface area contributed by atoms with Crippen LogP contribution in [-0.2, 0) is 10.9 Å². The van der Waals surface area contributed by atoms with Crippen molar-refractivity contribution in [3.05, 3.63) is 36.0 Å². The van der Waals surface area contributed by atoms with Gasteiger partial charge in [0, 0.05) is 17.3 Å². The number of carbonyl (C=O) groups excluding carboxylic acids is 1. The maximum Gasteiger partial charge on any atom is 0.419 e. The third-order valence-electron chi connectivity index (χ3n) is 4.07. The number of halogens is 3. The van der Waals surface area contributed by atoms with E-state index >= 15 is 0 Å². The molecule has 1 aromatic heterocycles. The van der Waals surface area contributed by atoms with Gasteiger partial charge >= 0.3 is 12.3 Å². The fraction of sp³-hybridized carbons (Fsp3) is 0.450. The van der Waals surface area contributed by atoms with Gasteiger partial charge in [-0.1, -0.05) is 13.8 Å². The van der Waals surface area contributed by atoms with Crippen molar-refractivity contribution in [2.75, 3.05) is 19.0 Å². The van der Waals surface area contributed by atoms with Gasteiger partial charge in [-0.05, 0) is 43.5 Å². The number of aromatic nitrogens is 2. The number of benzene rings is 1. The van der Waals surface area contributed by atoms with E-state index in [-0.39, 0.29) is 35.5 Å². The molecule has 0 aliphatic rings. The molecule has 1 heterocycles. The lowest BCUT2D eigenvalue weighted by Crippen LogP contribution is -2.43. The number of nitrogens with zero attached hydrogens (tertiary/aromatic N) is 2. The van der Waals surface area contributed by atoms with Crippen molar-refractivity contribution in [1.82, 2.24) is 9.97 Å². The molecule has 2 rings (SSSR count). The summed E-state index contributed by atoms with van der Waals surface area (Å²) in [5.41, 5.74) is 4.81. The Kier molecular flexibility index (Phi) is 7.25. The van der Waals surface area contributed by atoms with Crippen molar-refractivity contribution in [3.8, 4) is 17.0 Å². The van der Waals surface area contributed by atoms with Crippen LogP contribution in [0.25, 0.3) is 11.3 Å². The number of nitrogens with one attached hydrogen (secondary N) is 1. The van der Waals surface area contributed by atoms with Crippen LogP contribution in [0.3, 0.4) is 0 Å². The molecule has 1 unspecified atom stereocenters. The number of hydrogen-bond acceptors (Lipinski definition) is 6.